The van der Waals surface area contributed by atoms with Crippen molar-refractivity contribution < 1.29 is 24.5 Å². The Bertz CT molecular complexity index is 239. The molecule has 1 atom stereocenters. The van der Waals surface area contributed by atoms with Crippen LogP contribution in [0, 0.1) is 5.41 Å². The largest absolute Gasteiger partial charge is 0.480 e. The number of ether oxygens (including phenoxy) is 1. The van der Waals surface area contributed by atoms with Crippen molar-refractivity contribution in [3.05, 3.63) is 0 Å². The second kappa shape index (κ2) is 7.22. The van der Waals surface area contributed by atoms with Gasteiger partial charge in [0.2, 0.25) is 0 Å². The molecule has 0 aromatic rings. The van der Waals surface area contributed by atoms with Crippen LogP contribution in [0.15, 0.2) is 0 Å². The molecule has 0 heterocycles. The Morgan fingerprint density at radius 2 is 1.88 bits per heavy atom. The van der Waals surface area contributed by atoms with Crippen LogP contribution >= 0.6 is 0 Å². The molecule has 0 aliphatic heterocycles. The number of unbranched alkanes of at least 4 members (excludes halogenated alkanes) is 1. The fourth-order valence-electron chi connectivity index (χ4n) is 1.57. The van der Waals surface area contributed by atoms with E-state index in [0.717, 1.165) is 6.42 Å². The maximum Gasteiger partial charge on any atom is 0.323 e. The van der Waals surface area contributed by atoms with Crippen LogP contribution in [0.2, 0.25) is 0 Å². The average molecular weight is 232 g/mol. The number of esters is 1. The molecule has 16 heavy (non-hydrogen) atoms. The molecule has 2 N–H and O–H groups in total. The molecule has 0 aromatic heterocycles. The van der Waals surface area contributed by atoms with E-state index in [0.29, 0.717) is 6.42 Å². The van der Waals surface area contributed by atoms with Crippen molar-refractivity contribution in [2.24, 2.45) is 5.41 Å². The Morgan fingerprint density at radius 1 is 1.25 bits per heavy atom. The highest BCUT2D eigenvalue weighted by Gasteiger charge is 2.46. The molecule has 0 spiro atoms. The highest BCUT2D eigenvalue weighted by molar-refractivity contribution is 5.99. The van der Waals surface area contributed by atoms with Crippen molar-refractivity contribution in [2.75, 3.05) is 13.2 Å². The van der Waals surface area contributed by atoms with Crippen LogP contribution in [0.3, 0.4) is 0 Å². The first-order valence-corrected chi connectivity index (χ1v) is 5.56. The minimum atomic E-state index is -1.58. The van der Waals surface area contributed by atoms with Gasteiger partial charge >= 0.3 is 11.9 Å². The van der Waals surface area contributed by atoms with Crippen LogP contribution in [0.4, 0.5) is 0 Å². The van der Waals surface area contributed by atoms with Gasteiger partial charge in [-0.25, -0.2) is 0 Å². The quantitative estimate of drug-likeness (QED) is 0.485. The van der Waals surface area contributed by atoms with E-state index in [1.54, 1.807) is 6.92 Å². The maximum absolute atomic E-state index is 11.7. The summed E-state index contributed by atoms with van der Waals surface area (Å²) in [6.45, 7) is 3.35. The summed E-state index contributed by atoms with van der Waals surface area (Å²) in [7, 11) is 0. The number of hydrogen-bond donors (Lipinski definition) is 2. The van der Waals surface area contributed by atoms with Gasteiger partial charge in [-0.2, -0.15) is 0 Å². The summed E-state index contributed by atoms with van der Waals surface area (Å²) in [5, 5.41) is 18.1. The van der Waals surface area contributed by atoms with Crippen molar-refractivity contribution in [1.82, 2.24) is 0 Å². The topological polar surface area (TPSA) is 83.8 Å². The number of carboxylic acid groups (broad SMARTS) is 1. The number of aliphatic hydroxyl groups is 1. The van der Waals surface area contributed by atoms with Gasteiger partial charge in [0, 0.05) is 6.61 Å². The number of aliphatic hydroxyl groups excluding tert-OH is 1. The van der Waals surface area contributed by atoms with Crippen molar-refractivity contribution in [1.29, 1.82) is 0 Å². The normalized spacial score (nSPS) is 14.2. The highest BCUT2D eigenvalue weighted by atomic mass is 16.5. The summed E-state index contributed by atoms with van der Waals surface area (Å²) < 4.78 is 4.79. The summed E-state index contributed by atoms with van der Waals surface area (Å²) in [5.74, 6) is -1.96. The van der Waals surface area contributed by atoms with Crippen LogP contribution in [0.5, 0.6) is 0 Å². The predicted molar refractivity (Wildman–Crippen MR) is 57.9 cm³/mol. The molecule has 0 fully saturated rings. The monoisotopic (exact) mass is 232 g/mol. The van der Waals surface area contributed by atoms with Gasteiger partial charge in [0.25, 0.3) is 0 Å². The van der Waals surface area contributed by atoms with Gasteiger partial charge < -0.3 is 14.9 Å². The molecular weight excluding hydrogens is 212 g/mol. The zero-order valence-corrected chi connectivity index (χ0v) is 9.86. The number of hydrogen-bond acceptors (Lipinski definition) is 4. The van der Waals surface area contributed by atoms with Gasteiger partial charge in [-0.15, -0.1) is 0 Å². The number of rotatable bonds is 8. The van der Waals surface area contributed by atoms with Gasteiger partial charge in [0.15, 0.2) is 5.41 Å². The second-order valence-electron chi connectivity index (χ2n) is 3.68. The molecule has 0 aromatic carbocycles. The lowest BCUT2D eigenvalue weighted by Crippen LogP contribution is -2.41. The lowest BCUT2D eigenvalue weighted by atomic mass is 9.80. The molecule has 0 radical (unpaired) electrons. The molecular formula is C11H20O5. The Hall–Kier alpha value is -1.10. The van der Waals surface area contributed by atoms with Gasteiger partial charge in [-0.05, 0) is 19.8 Å². The molecule has 0 bridgehead atoms. The van der Waals surface area contributed by atoms with Crippen molar-refractivity contribution in [3.63, 3.8) is 0 Å². The zero-order valence-electron chi connectivity index (χ0n) is 9.86. The first-order valence-electron chi connectivity index (χ1n) is 5.56. The molecule has 0 saturated carbocycles. The second-order valence-corrected chi connectivity index (χ2v) is 3.68. The van der Waals surface area contributed by atoms with E-state index in [1.165, 1.54) is 0 Å². The van der Waals surface area contributed by atoms with E-state index >= 15 is 0 Å². The Kier molecular flexibility index (Phi) is 6.72. The van der Waals surface area contributed by atoms with Gasteiger partial charge in [0.05, 0.1) is 6.61 Å². The molecule has 0 aliphatic rings. The maximum atomic E-state index is 11.7. The highest BCUT2D eigenvalue weighted by Crippen LogP contribution is 2.31. The van der Waals surface area contributed by atoms with E-state index in [1.807, 2.05) is 6.92 Å². The van der Waals surface area contributed by atoms with Crippen LogP contribution in [0.25, 0.3) is 0 Å². The fourth-order valence-corrected chi connectivity index (χ4v) is 1.57. The minimum Gasteiger partial charge on any atom is -0.480 e. The lowest BCUT2D eigenvalue weighted by Gasteiger charge is -2.26. The summed E-state index contributed by atoms with van der Waals surface area (Å²) in [5.41, 5.74) is -1.58. The molecule has 0 aliphatic carbocycles. The Morgan fingerprint density at radius 3 is 2.25 bits per heavy atom. The molecule has 0 amide bonds. The van der Waals surface area contributed by atoms with Crippen molar-refractivity contribution in [3.8, 4) is 0 Å². The smallest absolute Gasteiger partial charge is 0.323 e. The van der Waals surface area contributed by atoms with Crippen LogP contribution in [0.1, 0.15) is 39.5 Å². The number of carboxylic acids is 1. The average Bonchev–Trinajstić information content (AvgIpc) is 2.24. The van der Waals surface area contributed by atoms with Crippen LogP contribution in [-0.4, -0.2) is 35.4 Å². The molecule has 0 saturated heterocycles. The summed E-state index contributed by atoms with van der Waals surface area (Å²) in [6, 6.07) is 0. The fraction of sp³-hybridized carbons (Fsp3) is 0.818. The standard InChI is InChI=1S/C11H20O5/c1-3-5-6-11(7-8-12,9(13)14)10(15)16-4-2/h12H,3-8H2,1-2H3,(H,13,14). The third-order valence-electron chi connectivity index (χ3n) is 2.57. The molecule has 1 unspecified atom stereocenters. The van der Waals surface area contributed by atoms with Crippen LogP contribution < -0.4 is 0 Å². The SMILES string of the molecule is CCCCC(CCO)(C(=O)O)C(=O)OCC. The van der Waals surface area contributed by atoms with E-state index in [4.69, 9.17) is 14.9 Å². The Balaban J connectivity index is 4.91. The lowest BCUT2D eigenvalue weighted by molar-refractivity contribution is -0.170. The van der Waals surface area contributed by atoms with E-state index in [9.17, 15) is 9.59 Å². The third kappa shape index (κ3) is 3.48. The van der Waals surface area contributed by atoms with Crippen molar-refractivity contribution in [2.45, 2.75) is 39.5 Å². The predicted octanol–water partition coefficient (Wildman–Crippen LogP) is 1.19. The van der Waals surface area contributed by atoms with Gasteiger partial charge in [-0.1, -0.05) is 19.8 Å². The third-order valence-corrected chi connectivity index (χ3v) is 2.57. The summed E-state index contributed by atoms with van der Waals surface area (Å²) >= 11 is 0. The molecule has 5 heteroatoms. The Labute approximate surface area is 95.4 Å². The van der Waals surface area contributed by atoms with E-state index in [-0.39, 0.29) is 26.1 Å². The van der Waals surface area contributed by atoms with Gasteiger partial charge in [-0.3, -0.25) is 9.59 Å². The first kappa shape index (κ1) is 14.9. The van der Waals surface area contributed by atoms with Crippen LogP contribution in [-0.2, 0) is 14.3 Å². The minimum absolute atomic E-state index is 0.0961. The van der Waals surface area contributed by atoms with Gasteiger partial charge in [0.1, 0.15) is 0 Å². The number of carbonyl (C=O) groups excluding carboxylic acids is 1. The first-order chi connectivity index (χ1) is 7.55. The van der Waals surface area contributed by atoms with E-state index in [2.05, 4.69) is 0 Å². The zero-order chi connectivity index (χ0) is 12.6. The molecule has 5 nitrogen and oxygen atoms in total. The summed E-state index contributed by atoms with van der Waals surface area (Å²) in [4.78, 5) is 22.9. The summed E-state index contributed by atoms with van der Waals surface area (Å²) in [6.07, 6.45) is 1.52. The number of carbonyl (C=O) groups is 2. The van der Waals surface area contributed by atoms with Crippen molar-refractivity contribution >= 4 is 11.9 Å². The molecule has 0 rings (SSSR count). The van der Waals surface area contributed by atoms with E-state index < -0.39 is 17.4 Å². The number of aliphatic carboxylic acids is 1. The molecule has 94 valence electrons.